The lowest BCUT2D eigenvalue weighted by Gasteiger charge is -2.19. The number of benzene rings is 1. The van der Waals surface area contributed by atoms with E-state index in [4.69, 9.17) is 4.98 Å². The van der Waals surface area contributed by atoms with Gasteiger partial charge in [0.2, 0.25) is 0 Å². The molecule has 1 aromatic heterocycles. The Morgan fingerprint density at radius 2 is 1.15 bits per heavy atom. The average molecular weight is 250 g/mol. The van der Waals surface area contributed by atoms with Crippen molar-refractivity contribution >= 4 is 107 Å². The maximum atomic E-state index is 4.88. The van der Waals surface area contributed by atoms with Crippen LogP contribution in [0, 0.1) is 0 Å². The van der Waals surface area contributed by atoms with Gasteiger partial charge in [-0.25, -0.2) is 0 Å². The first-order chi connectivity index (χ1) is 9.25. The molecule has 0 radical (unpaired) electrons. The summed E-state index contributed by atoms with van der Waals surface area (Å²) in [5.41, 5.74) is 13.0. The van der Waals surface area contributed by atoms with E-state index in [2.05, 4.69) is 68.8 Å². The lowest BCUT2D eigenvalue weighted by atomic mass is 9.63. The molecule has 1 nitrogen and oxygen atoms in total. The minimum atomic E-state index is 1.14. The Morgan fingerprint density at radius 1 is 0.600 bits per heavy atom. The summed E-state index contributed by atoms with van der Waals surface area (Å²) < 4.78 is 0. The summed E-state index contributed by atoms with van der Waals surface area (Å²) in [7, 11) is 17.5. The summed E-state index contributed by atoms with van der Waals surface area (Å²) in [6.07, 6.45) is 0. The molecule has 2 aromatic rings. The predicted molar refractivity (Wildman–Crippen MR) is 115 cm³/mol. The number of aromatic nitrogens is 1. The quantitative estimate of drug-likeness (QED) is 0.458. The second-order valence-corrected chi connectivity index (χ2v) is 6.04. The van der Waals surface area contributed by atoms with E-state index >= 15 is 0 Å². The number of rotatable bonds is 1. The summed E-state index contributed by atoms with van der Waals surface area (Å²) in [6, 6.07) is 2.29. The highest BCUT2D eigenvalue weighted by molar-refractivity contribution is 6.65. The number of nitrogens with zero attached hydrogens (tertiary/aromatic N) is 1. The van der Waals surface area contributed by atoms with Gasteiger partial charge < -0.3 is 0 Å². The van der Waals surface area contributed by atoms with Crippen LogP contribution in [-0.4, -0.2) is 67.8 Å². The molecule has 0 fully saturated rings. The normalized spacial score (nSPS) is 10.6. The Hall–Kier alpha value is -1.11. The van der Waals surface area contributed by atoms with Gasteiger partial charge in [-0.3, -0.25) is 4.98 Å². The largest absolute Gasteiger partial charge is 0.265 e. The van der Waals surface area contributed by atoms with Crippen LogP contribution in [0.1, 0.15) is 0 Å². The fourth-order valence-electron chi connectivity index (χ4n) is 2.79. The molecule has 1 aromatic carbocycles. The minimum Gasteiger partial charge on any atom is -0.265 e. The molecule has 0 aliphatic carbocycles. The Morgan fingerprint density at radius 3 is 1.75 bits per heavy atom. The molecule has 0 spiro atoms. The Labute approximate surface area is 129 Å². The predicted octanol–water partition coefficient (Wildman–Crippen LogP) is -11.2. The van der Waals surface area contributed by atoms with E-state index in [9.17, 15) is 0 Å². The van der Waals surface area contributed by atoms with Gasteiger partial charge in [-0.2, -0.15) is 0 Å². The topological polar surface area (TPSA) is 12.9 Å². The molecule has 90 valence electrons. The van der Waals surface area contributed by atoms with E-state index in [1.165, 1.54) is 43.8 Å². The lowest BCUT2D eigenvalue weighted by Crippen LogP contribution is -2.52. The zero-order valence-electron chi connectivity index (χ0n) is 14.0. The highest BCUT2D eigenvalue weighted by Crippen LogP contribution is 2.06. The molecular weight excluding hydrogens is 233 g/mol. The Balaban J connectivity index is 2.83. The second kappa shape index (κ2) is 5.35. The first kappa shape index (κ1) is 15.3. The van der Waals surface area contributed by atoms with Crippen LogP contribution in [0.3, 0.4) is 0 Å². The average Bonchev–Trinajstić information content (AvgIpc) is 2.42. The van der Waals surface area contributed by atoms with Crippen LogP contribution in [-0.2, 0) is 0 Å². The second-order valence-electron chi connectivity index (χ2n) is 6.04. The van der Waals surface area contributed by atoms with Crippen molar-refractivity contribution in [2.24, 2.45) is 0 Å². The number of hydrogen-bond acceptors (Lipinski definition) is 1. The van der Waals surface area contributed by atoms with Crippen molar-refractivity contribution in [1.82, 2.24) is 4.98 Å². The van der Waals surface area contributed by atoms with Crippen molar-refractivity contribution in [3.05, 3.63) is 6.07 Å². The van der Waals surface area contributed by atoms with Crippen molar-refractivity contribution in [3.8, 4) is 11.3 Å². The summed E-state index contributed by atoms with van der Waals surface area (Å²) in [5, 5.41) is 0. The van der Waals surface area contributed by atoms with E-state index in [1.807, 2.05) is 0 Å². The van der Waals surface area contributed by atoms with E-state index in [0.29, 0.717) is 0 Å². The molecule has 20 heavy (non-hydrogen) atoms. The van der Waals surface area contributed by atoms with Gasteiger partial charge in [-0.05, 0) is 11.2 Å². The van der Waals surface area contributed by atoms with Crippen molar-refractivity contribution in [1.29, 1.82) is 0 Å². The highest BCUT2D eigenvalue weighted by Gasteiger charge is 2.14. The standard InChI is InChI=1S/C11H17B8N/c12-3-1-2(4(13)6(15)5(3)14)10-8(17)7(16)9(18)11(19)20-10/h1H,12-19H2. The molecule has 1 heterocycles. The first-order valence-corrected chi connectivity index (χ1v) is 7.27. The maximum Gasteiger partial charge on any atom is 0.163 e. The smallest absolute Gasteiger partial charge is 0.163 e. The van der Waals surface area contributed by atoms with Gasteiger partial charge in [0.05, 0.1) is 5.69 Å². The van der Waals surface area contributed by atoms with E-state index in [1.54, 1.807) is 0 Å². The molecule has 0 bridgehead atoms. The summed E-state index contributed by atoms with van der Waals surface area (Å²) >= 11 is 0. The van der Waals surface area contributed by atoms with Gasteiger partial charge in [-0.1, -0.05) is 33.4 Å². The van der Waals surface area contributed by atoms with Crippen LogP contribution in [0.4, 0.5) is 0 Å². The summed E-state index contributed by atoms with van der Waals surface area (Å²) in [6.45, 7) is 0. The third-order valence-corrected chi connectivity index (χ3v) is 5.04. The fraction of sp³-hybridized carbons (Fsp3) is 0. The molecule has 0 saturated carbocycles. The molecule has 0 amide bonds. The van der Waals surface area contributed by atoms with Crippen LogP contribution in [0.25, 0.3) is 11.3 Å². The van der Waals surface area contributed by atoms with E-state index in [0.717, 1.165) is 11.3 Å². The van der Waals surface area contributed by atoms with E-state index in [-0.39, 0.29) is 0 Å². The molecule has 0 atom stereocenters. The summed E-state index contributed by atoms with van der Waals surface area (Å²) in [4.78, 5) is 4.88. The van der Waals surface area contributed by atoms with Gasteiger partial charge in [0.1, 0.15) is 54.9 Å². The fourth-order valence-corrected chi connectivity index (χ4v) is 2.79. The molecule has 9 heteroatoms. The Kier molecular flexibility index (Phi) is 4.09. The van der Waals surface area contributed by atoms with Gasteiger partial charge in [-0.15, -0.1) is 10.9 Å². The third-order valence-electron chi connectivity index (χ3n) is 5.04. The molecular formula is C11H17B8N. The first-order valence-electron chi connectivity index (χ1n) is 7.27. The zero-order valence-corrected chi connectivity index (χ0v) is 14.0. The molecule has 0 aliphatic rings. The molecule has 0 N–H and O–H groups in total. The SMILES string of the molecule is Bc1cc(-c2nc(B)c(B)c(B)c2B)c(B)c(B)c1B. The lowest BCUT2D eigenvalue weighted by molar-refractivity contribution is 1.43. The molecule has 0 unspecified atom stereocenters. The van der Waals surface area contributed by atoms with Gasteiger partial charge in [0, 0.05) is 0 Å². The monoisotopic (exact) mass is 251 g/mol. The van der Waals surface area contributed by atoms with Crippen LogP contribution in [0.2, 0.25) is 0 Å². The van der Waals surface area contributed by atoms with Crippen molar-refractivity contribution in [3.63, 3.8) is 0 Å². The van der Waals surface area contributed by atoms with Gasteiger partial charge in [0.15, 0.2) is 7.85 Å². The van der Waals surface area contributed by atoms with E-state index < -0.39 is 0 Å². The Bertz CT molecular complexity index is 651. The van der Waals surface area contributed by atoms with Crippen LogP contribution in [0.5, 0.6) is 0 Å². The third kappa shape index (κ3) is 2.32. The van der Waals surface area contributed by atoms with Crippen LogP contribution >= 0.6 is 0 Å². The molecule has 0 saturated heterocycles. The number of hydrogen-bond donors (Lipinski definition) is 0. The minimum absolute atomic E-state index is 1.14. The summed E-state index contributed by atoms with van der Waals surface area (Å²) in [5.74, 6) is 0. The van der Waals surface area contributed by atoms with Crippen molar-refractivity contribution in [2.45, 2.75) is 0 Å². The van der Waals surface area contributed by atoms with Crippen LogP contribution < -0.4 is 43.8 Å². The van der Waals surface area contributed by atoms with Gasteiger partial charge in [0.25, 0.3) is 0 Å². The van der Waals surface area contributed by atoms with Crippen LogP contribution in [0.15, 0.2) is 6.07 Å². The number of pyridine rings is 1. The van der Waals surface area contributed by atoms with Gasteiger partial charge >= 0.3 is 0 Å². The highest BCUT2D eigenvalue weighted by atomic mass is 14.7. The van der Waals surface area contributed by atoms with Crippen molar-refractivity contribution in [2.75, 3.05) is 0 Å². The zero-order chi connectivity index (χ0) is 15.2. The molecule has 0 aliphatic heterocycles. The van der Waals surface area contributed by atoms with Crippen molar-refractivity contribution < 1.29 is 0 Å². The maximum absolute atomic E-state index is 4.88. The molecule has 2 rings (SSSR count).